The number of aliphatic hydroxyl groups is 3. The first-order valence-electron chi connectivity index (χ1n) is 3.50. The maximum Gasteiger partial charge on any atom is 0.183 e. The summed E-state index contributed by atoms with van der Waals surface area (Å²) in [6, 6.07) is 4.25. The summed E-state index contributed by atoms with van der Waals surface area (Å²) in [5.74, 6) is 1.96. The van der Waals surface area contributed by atoms with Crippen LogP contribution in [0.1, 0.15) is 17.4 Å². The molecule has 1 aromatic rings. The fourth-order valence-corrected chi connectivity index (χ4v) is 0.994. The van der Waals surface area contributed by atoms with Crippen LogP contribution in [0.25, 0.3) is 0 Å². The molecule has 0 saturated carbocycles. The molecule has 0 unspecified atom stereocenters. The Hall–Kier alpha value is -1.70. The minimum atomic E-state index is -1.81. The molecule has 4 heteroatoms. The third kappa shape index (κ3) is 1.90. The highest BCUT2D eigenvalue weighted by Crippen LogP contribution is 2.25. The van der Waals surface area contributed by atoms with E-state index in [-0.39, 0.29) is 16.9 Å². The third-order valence-electron chi connectivity index (χ3n) is 1.53. The Morgan fingerprint density at radius 3 is 2.46 bits per heavy atom. The van der Waals surface area contributed by atoms with Crippen molar-refractivity contribution in [2.45, 2.75) is 6.29 Å². The van der Waals surface area contributed by atoms with Crippen LogP contribution in [0.15, 0.2) is 18.2 Å². The Morgan fingerprint density at radius 1 is 1.23 bits per heavy atom. The minimum Gasteiger partial charge on any atom is -0.507 e. The fraction of sp³-hybridized carbons (Fsp3) is 0.111. The predicted molar refractivity (Wildman–Crippen MR) is 44.1 cm³/mol. The van der Waals surface area contributed by atoms with Gasteiger partial charge in [-0.3, -0.25) is 0 Å². The smallest absolute Gasteiger partial charge is 0.183 e. The van der Waals surface area contributed by atoms with Gasteiger partial charge in [-0.05, 0) is 18.1 Å². The van der Waals surface area contributed by atoms with Crippen molar-refractivity contribution >= 4 is 0 Å². The van der Waals surface area contributed by atoms with Gasteiger partial charge in [0.15, 0.2) is 6.29 Å². The van der Waals surface area contributed by atoms with Crippen molar-refractivity contribution in [1.29, 1.82) is 0 Å². The zero-order valence-corrected chi connectivity index (χ0v) is 6.60. The number of rotatable bonds is 1. The molecule has 0 spiro atoms. The van der Waals surface area contributed by atoms with Crippen LogP contribution in [0.2, 0.25) is 0 Å². The summed E-state index contributed by atoms with van der Waals surface area (Å²) in [4.78, 5) is 0. The van der Waals surface area contributed by atoms with Crippen molar-refractivity contribution in [3.05, 3.63) is 29.3 Å². The molecule has 4 N–H and O–H groups in total. The molecular weight excluding hydrogens is 172 g/mol. The van der Waals surface area contributed by atoms with Crippen molar-refractivity contribution in [1.82, 2.24) is 0 Å². The normalized spacial score (nSPS) is 9.46. The maximum absolute atomic E-state index is 9.22. The third-order valence-corrected chi connectivity index (χ3v) is 1.53. The van der Waals surface area contributed by atoms with Crippen molar-refractivity contribution in [3.8, 4) is 17.8 Å². The number of phenolic OH excluding ortho intramolecular Hbond substituents is 1. The van der Waals surface area contributed by atoms with E-state index in [1.165, 1.54) is 18.2 Å². The summed E-state index contributed by atoms with van der Waals surface area (Å²) in [5.41, 5.74) is 0.0709. The van der Waals surface area contributed by atoms with Crippen LogP contribution in [0.5, 0.6) is 5.75 Å². The molecule has 1 aromatic carbocycles. The van der Waals surface area contributed by atoms with E-state index < -0.39 is 6.29 Å². The highest BCUT2D eigenvalue weighted by atomic mass is 16.5. The van der Waals surface area contributed by atoms with Gasteiger partial charge in [0.05, 0.1) is 5.56 Å². The van der Waals surface area contributed by atoms with E-state index in [1.807, 2.05) is 0 Å². The number of phenols is 1. The second-order valence-corrected chi connectivity index (χ2v) is 2.35. The first-order valence-corrected chi connectivity index (χ1v) is 3.50. The van der Waals surface area contributed by atoms with Crippen LogP contribution in [-0.4, -0.2) is 20.4 Å². The van der Waals surface area contributed by atoms with Gasteiger partial charge >= 0.3 is 0 Å². The Morgan fingerprint density at radius 2 is 1.92 bits per heavy atom. The van der Waals surface area contributed by atoms with E-state index in [4.69, 9.17) is 15.3 Å². The number of aliphatic hydroxyl groups excluding tert-OH is 2. The molecule has 0 fully saturated rings. The van der Waals surface area contributed by atoms with Gasteiger partial charge in [-0.1, -0.05) is 6.07 Å². The summed E-state index contributed by atoms with van der Waals surface area (Å²) in [7, 11) is 0. The molecule has 0 aromatic heterocycles. The molecule has 0 aliphatic carbocycles. The molecule has 13 heavy (non-hydrogen) atoms. The van der Waals surface area contributed by atoms with Gasteiger partial charge in [-0.2, -0.15) is 0 Å². The van der Waals surface area contributed by atoms with Crippen molar-refractivity contribution < 1.29 is 20.4 Å². The number of hydrogen-bond acceptors (Lipinski definition) is 4. The molecule has 68 valence electrons. The zero-order valence-electron chi connectivity index (χ0n) is 6.60. The van der Waals surface area contributed by atoms with Crippen molar-refractivity contribution in [2.24, 2.45) is 0 Å². The number of benzene rings is 1. The summed E-state index contributed by atoms with van der Waals surface area (Å²) in [6.45, 7) is 0. The van der Waals surface area contributed by atoms with E-state index >= 15 is 0 Å². The summed E-state index contributed by atoms with van der Waals surface area (Å²) < 4.78 is 0. The van der Waals surface area contributed by atoms with Gasteiger partial charge < -0.3 is 20.4 Å². The van der Waals surface area contributed by atoms with Crippen LogP contribution in [0.3, 0.4) is 0 Å². The maximum atomic E-state index is 9.22. The molecule has 0 aliphatic rings. The van der Waals surface area contributed by atoms with Gasteiger partial charge in [0.2, 0.25) is 0 Å². The van der Waals surface area contributed by atoms with Crippen LogP contribution < -0.4 is 0 Å². The summed E-state index contributed by atoms with van der Waals surface area (Å²) in [6.07, 6.45) is -0.185. The van der Waals surface area contributed by atoms with Crippen LogP contribution in [-0.2, 0) is 0 Å². The lowest BCUT2D eigenvalue weighted by atomic mass is 10.1. The van der Waals surface area contributed by atoms with Crippen LogP contribution in [0.4, 0.5) is 0 Å². The average Bonchev–Trinajstić information content (AvgIpc) is 2.04. The summed E-state index contributed by atoms with van der Waals surface area (Å²) in [5, 5.41) is 35.2. The SMILES string of the molecule is OC#Cc1cccc(O)c1C(O)O. The molecule has 0 bridgehead atoms. The van der Waals surface area contributed by atoms with Gasteiger partial charge in [0.25, 0.3) is 0 Å². The second kappa shape index (κ2) is 3.81. The Bertz CT molecular complexity index is 360. The Kier molecular flexibility index (Phi) is 2.75. The van der Waals surface area contributed by atoms with Crippen LogP contribution >= 0.6 is 0 Å². The summed E-state index contributed by atoms with van der Waals surface area (Å²) >= 11 is 0. The molecule has 0 atom stereocenters. The van der Waals surface area contributed by atoms with Gasteiger partial charge in [-0.15, -0.1) is 0 Å². The molecule has 4 nitrogen and oxygen atoms in total. The standard InChI is InChI=1S/C9H8O4/c10-5-4-6-2-1-3-7(11)8(6)9(12)13/h1-3,9-13H. The van der Waals surface area contributed by atoms with E-state index in [2.05, 4.69) is 5.92 Å². The van der Waals surface area contributed by atoms with Crippen molar-refractivity contribution in [3.63, 3.8) is 0 Å². The number of aromatic hydroxyl groups is 1. The quantitative estimate of drug-likeness (QED) is 0.364. The lowest BCUT2D eigenvalue weighted by Crippen LogP contribution is -1.98. The van der Waals surface area contributed by atoms with Crippen LogP contribution in [0, 0.1) is 12.0 Å². The molecule has 0 aliphatic heterocycles. The topological polar surface area (TPSA) is 80.9 Å². The lowest BCUT2D eigenvalue weighted by Gasteiger charge is -2.08. The molecule has 0 saturated heterocycles. The fourth-order valence-electron chi connectivity index (χ4n) is 0.994. The van der Waals surface area contributed by atoms with E-state index in [0.29, 0.717) is 0 Å². The van der Waals surface area contributed by atoms with Crippen molar-refractivity contribution in [2.75, 3.05) is 0 Å². The predicted octanol–water partition coefficient (Wildman–Crippen LogP) is 0.0569. The Balaban J connectivity index is 3.31. The molecule has 0 radical (unpaired) electrons. The molecule has 0 amide bonds. The highest BCUT2D eigenvalue weighted by molar-refractivity contribution is 5.48. The molecular formula is C9H8O4. The Labute approximate surface area is 74.7 Å². The van der Waals surface area contributed by atoms with Gasteiger partial charge in [-0.25, -0.2) is 0 Å². The molecule has 0 heterocycles. The van der Waals surface area contributed by atoms with E-state index in [9.17, 15) is 5.11 Å². The number of hydrogen-bond donors (Lipinski definition) is 4. The highest BCUT2D eigenvalue weighted by Gasteiger charge is 2.12. The monoisotopic (exact) mass is 180 g/mol. The average molecular weight is 180 g/mol. The first kappa shape index (κ1) is 9.39. The minimum absolute atomic E-state index is 0.107. The molecule has 1 rings (SSSR count). The van der Waals surface area contributed by atoms with Gasteiger partial charge in [0, 0.05) is 5.56 Å². The second-order valence-electron chi connectivity index (χ2n) is 2.35. The van der Waals surface area contributed by atoms with E-state index in [1.54, 1.807) is 6.11 Å². The first-order chi connectivity index (χ1) is 6.16. The van der Waals surface area contributed by atoms with Gasteiger partial charge in [0.1, 0.15) is 11.9 Å². The lowest BCUT2D eigenvalue weighted by molar-refractivity contribution is -0.0440. The largest absolute Gasteiger partial charge is 0.507 e. The van der Waals surface area contributed by atoms with E-state index in [0.717, 1.165) is 0 Å². The zero-order chi connectivity index (χ0) is 9.84.